The molecule has 3 fully saturated rings. The molecule has 2 atom stereocenters. The van der Waals surface area contributed by atoms with Crippen LogP contribution in [0.1, 0.15) is 44.0 Å². The molecule has 34 heavy (non-hydrogen) atoms. The maximum atomic E-state index is 12.4. The molecule has 0 saturated carbocycles. The van der Waals surface area contributed by atoms with Crippen molar-refractivity contribution in [3.8, 4) is 5.75 Å². The molecule has 11 heteroatoms. The van der Waals surface area contributed by atoms with Gasteiger partial charge < -0.3 is 34.4 Å². The molecule has 1 aromatic heterocycles. The van der Waals surface area contributed by atoms with Crippen LogP contribution in [0.2, 0.25) is 5.15 Å². The molecular formula is C23H33ClN4O6. The number of hydrogen-bond donors (Lipinski definition) is 2. The number of nitrogens with zero attached hydrogens (tertiary/aromatic N) is 3. The molecule has 10 nitrogen and oxygen atoms in total. The van der Waals surface area contributed by atoms with Crippen molar-refractivity contribution < 1.29 is 28.9 Å². The van der Waals surface area contributed by atoms with Gasteiger partial charge in [0.1, 0.15) is 34.5 Å². The first-order valence-corrected chi connectivity index (χ1v) is 12.0. The number of hydrogen-bond acceptors (Lipinski definition) is 8. The Morgan fingerprint density at radius 3 is 2.82 bits per heavy atom. The Balaban J connectivity index is 1.47. The fourth-order valence-electron chi connectivity index (χ4n) is 4.73. The van der Waals surface area contributed by atoms with Crippen molar-refractivity contribution in [3.05, 3.63) is 16.8 Å². The minimum atomic E-state index is -1.12. The molecule has 1 unspecified atom stereocenters. The predicted molar refractivity (Wildman–Crippen MR) is 126 cm³/mol. The third-order valence-corrected chi connectivity index (χ3v) is 6.61. The van der Waals surface area contributed by atoms with Crippen LogP contribution >= 0.6 is 11.6 Å². The van der Waals surface area contributed by atoms with Crippen LogP contribution in [-0.4, -0.2) is 91.2 Å². The normalized spacial score (nSPS) is 25.1. The van der Waals surface area contributed by atoms with Crippen LogP contribution in [0, 0.1) is 5.41 Å². The third kappa shape index (κ3) is 5.67. The molecule has 4 rings (SSSR count). The molecule has 3 aliphatic rings. The van der Waals surface area contributed by atoms with Gasteiger partial charge in [0, 0.05) is 50.8 Å². The zero-order valence-electron chi connectivity index (χ0n) is 19.9. The summed E-state index contributed by atoms with van der Waals surface area (Å²) in [6, 6.07) is 1.25. The molecule has 0 aromatic carbocycles. The van der Waals surface area contributed by atoms with Gasteiger partial charge in [0.25, 0.3) is 0 Å². The molecule has 1 spiro atoms. The van der Waals surface area contributed by atoms with Crippen LogP contribution in [0.4, 0.5) is 10.6 Å². The number of aromatic nitrogens is 1. The topological polar surface area (TPSA) is 113 Å². The summed E-state index contributed by atoms with van der Waals surface area (Å²) in [6.45, 7) is 9.91. The maximum Gasteiger partial charge on any atom is 0.410 e. The average Bonchev–Trinajstić information content (AvgIpc) is 3.40. The van der Waals surface area contributed by atoms with Crippen molar-refractivity contribution in [2.45, 2.75) is 45.3 Å². The monoisotopic (exact) mass is 496 g/mol. The lowest BCUT2D eigenvalue weighted by Gasteiger charge is -2.34. The Morgan fingerprint density at radius 1 is 1.35 bits per heavy atom. The van der Waals surface area contributed by atoms with Crippen LogP contribution in [-0.2, 0) is 9.47 Å². The Labute approximate surface area is 204 Å². The summed E-state index contributed by atoms with van der Waals surface area (Å²) in [7, 11) is 0. The number of nitrogens with one attached hydrogen (secondary N) is 1. The van der Waals surface area contributed by atoms with Crippen molar-refractivity contribution in [1.29, 1.82) is 0 Å². The highest BCUT2D eigenvalue weighted by Gasteiger charge is 2.43. The standard InChI is InChI=1S/C23H33ClN4O6/c1-22(2,3)34-21(31)27-8-6-25-15(11-27)12-33-16-10-17(24)26-19(18(16)20(29)30)28-7-4-23(13-28)5-9-32-14-23/h10,15,25H,4-9,11-14H2,1-3H3,(H,29,30)/t15-,23?/m1/s1. The number of piperazine rings is 1. The summed E-state index contributed by atoms with van der Waals surface area (Å²) in [5.41, 5.74) is -0.536. The van der Waals surface area contributed by atoms with Crippen LogP contribution in [0.5, 0.6) is 5.75 Å². The highest BCUT2D eigenvalue weighted by molar-refractivity contribution is 6.29. The Kier molecular flexibility index (Phi) is 7.12. The summed E-state index contributed by atoms with van der Waals surface area (Å²) >= 11 is 6.28. The van der Waals surface area contributed by atoms with Gasteiger partial charge in [0.2, 0.25) is 0 Å². The van der Waals surface area contributed by atoms with E-state index in [4.69, 9.17) is 25.8 Å². The van der Waals surface area contributed by atoms with Gasteiger partial charge in [-0.1, -0.05) is 11.6 Å². The van der Waals surface area contributed by atoms with Gasteiger partial charge in [0.05, 0.1) is 12.6 Å². The molecule has 1 amide bonds. The number of ether oxygens (including phenoxy) is 3. The van der Waals surface area contributed by atoms with E-state index in [2.05, 4.69) is 10.3 Å². The highest BCUT2D eigenvalue weighted by Crippen LogP contribution is 2.42. The zero-order chi connectivity index (χ0) is 24.5. The maximum absolute atomic E-state index is 12.4. The lowest BCUT2D eigenvalue weighted by molar-refractivity contribution is 0.0178. The second kappa shape index (κ2) is 9.75. The van der Waals surface area contributed by atoms with Crippen molar-refractivity contribution >= 4 is 29.5 Å². The number of carboxylic acids is 1. The molecule has 3 aliphatic heterocycles. The first-order chi connectivity index (χ1) is 16.1. The third-order valence-electron chi connectivity index (χ3n) is 6.42. The summed E-state index contributed by atoms with van der Waals surface area (Å²) in [5.74, 6) is -0.627. The molecule has 0 radical (unpaired) electrons. The van der Waals surface area contributed by atoms with E-state index in [-0.39, 0.29) is 40.6 Å². The smallest absolute Gasteiger partial charge is 0.410 e. The van der Waals surface area contributed by atoms with E-state index in [1.54, 1.807) is 4.90 Å². The fourth-order valence-corrected chi connectivity index (χ4v) is 4.91. The summed E-state index contributed by atoms with van der Waals surface area (Å²) in [6.07, 6.45) is 1.50. The van der Waals surface area contributed by atoms with Gasteiger partial charge in [-0.25, -0.2) is 14.6 Å². The van der Waals surface area contributed by atoms with E-state index < -0.39 is 11.6 Å². The van der Waals surface area contributed by atoms with E-state index in [0.29, 0.717) is 45.1 Å². The van der Waals surface area contributed by atoms with Crippen molar-refractivity contribution in [1.82, 2.24) is 15.2 Å². The predicted octanol–water partition coefficient (Wildman–Crippen LogP) is 2.64. The summed E-state index contributed by atoms with van der Waals surface area (Å²) < 4.78 is 17.0. The highest BCUT2D eigenvalue weighted by atomic mass is 35.5. The average molecular weight is 497 g/mol. The zero-order valence-corrected chi connectivity index (χ0v) is 20.7. The van der Waals surface area contributed by atoms with E-state index in [1.165, 1.54) is 6.07 Å². The Bertz CT molecular complexity index is 931. The number of halogens is 1. The SMILES string of the molecule is CC(C)(C)OC(=O)N1CCN[C@@H](COc2cc(Cl)nc(N3CCC4(CCOC4)C3)c2C(=O)O)C1. The van der Waals surface area contributed by atoms with Gasteiger partial charge in [-0.05, 0) is 33.6 Å². The van der Waals surface area contributed by atoms with E-state index >= 15 is 0 Å². The van der Waals surface area contributed by atoms with Gasteiger partial charge in [-0.15, -0.1) is 0 Å². The quantitative estimate of drug-likeness (QED) is 0.594. The van der Waals surface area contributed by atoms with E-state index in [9.17, 15) is 14.7 Å². The van der Waals surface area contributed by atoms with Crippen LogP contribution in [0.15, 0.2) is 6.07 Å². The first-order valence-electron chi connectivity index (χ1n) is 11.7. The number of carboxylic acid groups (broad SMARTS) is 1. The van der Waals surface area contributed by atoms with Crippen molar-refractivity contribution in [2.75, 3.05) is 57.4 Å². The first kappa shape index (κ1) is 24.8. The van der Waals surface area contributed by atoms with Gasteiger partial charge in [-0.3, -0.25) is 0 Å². The lowest BCUT2D eigenvalue weighted by Crippen LogP contribution is -2.55. The van der Waals surface area contributed by atoms with Gasteiger partial charge in [0.15, 0.2) is 0 Å². The largest absolute Gasteiger partial charge is 0.491 e. The summed E-state index contributed by atoms with van der Waals surface area (Å²) in [5, 5.41) is 13.5. The number of amides is 1. The molecular weight excluding hydrogens is 464 g/mol. The second-order valence-electron chi connectivity index (χ2n) is 10.3. The molecule has 0 bridgehead atoms. The minimum absolute atomic E-state index is 0.000160. The van der Waals surface area contributed by atoms with E-state index in [1.807, 2.05) is 25.7 Å². The number of carbonyl (C=O) groups is 2. The number of rotatable bonds is 5. The van der Waals surface area contributed by atoms with Gasteiger partial charge >= 0.3 is 12.1 Å². The molecule has 0 aliphatic carbocycles. The van der Waals surface area contributed by atoms with Gasteiger partial charge in [-0.2, -0.15) is 0 Å². The van der Waals surface area contributed by atoms with Crippen molar-refractivity contribution in [3.63, 3.8) is 0 Å². The molecule has 4 heterocycles. The number of anilines is 1. The van der Waals surface area contributed by atoms with Crippen LogP contribution in [0.25, 0.3) is 0 Å². The van der Waals surface area contributed by atoms with Crippen LogP contribution in [0.3, 0.4) is 0 Å². The Morgan fingerprint density at radius 2 is 2.15 bits per heavy atom. The van der Waals surface area contributed by atoms with Crippen LogP contribution < -0.4 is 15.0 Å². The van der Waals surface area contributed by atoms with Crippen molar-refractivity contribution in [2.24, 2.45) is 5.41 Å². The number of pyridine rings is 1. The Hall–Kier alpha value is -2.30. The number of aromatic carboxylic acids is 1. The fraction of sp³-hybridized carbons (Fsp3) is 0.696. The molecule has 188 valence electrons. The number of carbonyl (C=O) groups excluding carboxylic acids is 1. The lowest BCUT2D eigenvalue weighted by atomic mass is 9.87. The molecule has 2 N–H and O–H groups in total. The molecule has 3 saturated heterocycles. The van der Waals surface area contributed by atoms with E-state index in [0.717, 1.165) is 19.4 Å². The summed E-state index contributed by atoms with van der Waals surface area (Å²) in [4.78, 5) is 32.6. The minimum Gasteiger partial charge on any atom is -0.491 e. The second-order valence-corrected chi connectivity index (χ2v) is 10.7. The molecule has 1 aromatic rings.